The first kappa shape index (κ1) is 16.2. The third-order valence-electron chi connectivity index (χ3n) is 3.43. The summed E-state index contributed by atoms with van der Waals surface area (Å²) in [5, 5.41) is 16.6. The average Bonchev–Trinajstić information content (AvgIpc) is 2.91. The van der Waals surface area contributed by atoms with Gasteiger partial charge in [-0.15, -0.1) is 0 Å². The molecular weight excluding hydrogens is 278 g/mol. The Kier molecular flexibility index (Phi) is 5.72. The molecule has 1 unspecified atom stereocenters. The number of rotatable bonds is 8. The summed E-state index contributed by atoms with van der Waals surface area (Å²) < 4.78 is 1.87. The number of nitrogens with zero attached hydrogens (tertiary/aromatic N) is 2. The van der Waals surface area contributed by atoms with Gasteiger partial charge in [0.2, 0.25) is 0 Å². The minimum absolute atomic E-state index is 0.342. The van der Waals surface area contributed by atoms with Crippen LogP contribution in [0, 0.1) is 5.92 Å². The predicted octanol–water partition coefficient (Wildman–Crippen LogP) is 2.52. The third kappa shape index (κ3) is 5.00. The zero-order valence-corrected chi connectivity index (χ0v) is 13.1. The summed E-state index contributed by atoms with van der Waals surface area (Å²) >= 11 is 0. The Morgan fingerprint density at radius 3 is 2.64 bits per heavy atom. The summed E-state index contributed by atoms with van der Waals surface area (Å²) in [6.45, 7) is 5.28. The van der Waals surface area contributed by atoms with Gasteiger partial charge in [-0.25, -0.2) is 0 Å². The third-order valence-corrected chi connectivity index (χ3v) is 3.43. The number of aliphatic carboxylic acids is 1. The van der Waals surface area contributed by atoms with E-state index in [9.17, 15) is 9.90 Å². The van der Waals surface area contributed by atoms with Gasteiger partial charge >= 0.3 is 5.97 Å². The molecule has 0 spiro atoms. The van der Waals surface area contributed by atoms with E-state index in [1.807, 2.05) is 42.9 Å². The second-order valence-corrected chi connectivity index (χ2v) is 5.93. The predicted molar refractivity (Wildman–Crippen MR) is 85.5 cm³/mol. The van der Waals surface area contributed by atoms with E-state index in [-0.39, 0.29) is 0 Å². The fraction of sp³-hybridized carbons (Fsp3) is 0.412. The normalized spacial score (nSPS) is 12.5. The van der Waals surface area contributed by atoms with Crippen LogP contribution >= 0.6 is 0 Å². The zero-order valence-electron chi connectivity index (χ0n) is 13.1. The first-order chi connectivity index (χ1) is 10.5. The van der Waals surface area contributed by atoms with Crippen molar-refractivity contribution in [1.29, 1.82) is 0 Å². The maximum atomic E-state index is 11.2. The molecule has 2 N–H and O–H groups in total. The largest absolute Gasteiger partial charge is 0.480 e. The maximum Gasteiger partial charge on any atom is 0.320 e. The van der Waals surface area contributed by atoms with Crippen LogP contribution in [-0.4, -0.2) is 26.9 Å². The van der Waals surface area contributed by atoms with E-state index in [1.54, 1.807) is 6.20 Å². The number of nitrogens with one attached hydrogen (secondary N) is 1. The number of carboxylic acid groups (broad SMARTS) is 1. The average molecular weight is 301 g/mol. The molecule has 0 amide bonds. The molecule has 1 atom stereocenters. The number of carboxylic acids is 1. The lowest BCUT2D eigenvalue weighted by atomic mass is 10.0. The van der Waals surface area contributed by atoms with E-state index in [2.05, 4.69) is 22.5 Å². The lowest BCUT2D eigenvalue weighted by molar-refractivity contribution is -0.140. The van der Waals surface area contributed by atoms with Gasteiger partial charge in [-0.2, -0.15) is 5.10 Å². The molecule has 0 radical (unpaired) electrons. The van der Waals surface area contributed by atoms with E-state index in [1.165, 1.54) is 5.56 Å². The van der Waals surface area contributed by atoms with E-state index in [0.29, 0.717) is 18.9 Å². The highest BCUT2D eigenvalue weighted by Crippen LogP contribution is 2.07. The van der Waals surface area contributed by atoms with Gasteiger partial charge in [0.25, 0.3) is 0 Å². The van der Waals surface area contributed by atoms with Crippen molar-refractivity contribution >= 4 is 5.97 Å². The topological polar surface area (TPSA) is 67.2 Å². The maximum absolute atomic E-state index is 11.2. The smallest absolute Gasteiger partial charge is 0.320 e. The Hall–Kier alpha value is -2.14. The Morgan fingerprint density at radius 2 is 2.00 bits per heavy atom. The quantitative estimate of drug-likeness (QED) is 0.786. The number of hydrogen-bond acceptors (Lipinski definition) is 3. The fourth-order valence-electron chi connectivity index (χ4n) is 2.34. The van der Waals surface area contributed by atoms with Crippen LogP contribution in [0.25, 0.3) is 0 Å². The van der Waals surface area contributed by atoms with Gasteiger partial charge in [0.05, 0.1) is 12.7 Å². The fourth-order valence-corrected chi connectivity index (χ4v) is 2.34. The van der Waals surface area contributed by atoms with Crippen LogP contribution < -0.4 is 5.32 Å². The van der Waals surface area contributed by atoms with Gasteiger partial charge in [0.1, 0.15) is 6.04 Å². The Bertz CT molecular complexity index is 593. The van der Waals surface area contributed by atoms with Gasteiger partial charge < -0.3 is 10.4 Å². The summed E-state index contributed by atoms with van der Waals surface area (Å²) in [6.07, 6.45) is 4.35. The second-order valence-electron chi connectivity index (χ2n) is 5.93. The van der Waals surface area contributed by atoms with Crippen LogP contribution in [0.15, 0.2) is 42.7 Å². The van der Waals surface area contributed by atoms with Gasteiger partial charge in [0, 0.05) is 18.3 Å². The first-order valence-electron chi connectivity index (χ1n) is 7.56. The summed E-state index contributed by atoms with van der Waals surface area (Å²) in [7, 11) is 0. The molecule has 0 aliphatic heterocycles. The van der Waals surface area contributed by atoms with Crippen molar-refractivity contribution in [2.75, 3.05) is 0 Å². The highest BCUT2D eigenvalue weighted by atomic mass is 16.4. The minimum atomic E-state index is -0.801. The van der Waals surface area contributed by atoms with Crippen LogP contribution in [0.5, 0.6) is 0 Å². The van der Waals surface area contributed by atoms with E-state index in [0.717, 1.165) is 12.1 Å². The summed E-state index contributed by atoms with van der Waals surface area (Å²) in [5.41, 5.74) is 2.18. The molecule has 0 bridgehead atoms. The second kappa shape index (κ2) is 7.75. The molecule has 0 saturated heterocycles. The van der Waals surface area contributed by atoms with Crippen LogP contribution in [0.4, 0.5) is 0 Å². The molecule has 0 fully saturated rings. The number of carbonyl (C=O) groups is 1. The molecule has 0 aliphatic rings. The summed E-state index contributed by atoms with van der Waals surface area (Å²) in [4.78, 5) is 11.2. The van der Waals surface area contributed by atoms with Gasteiger partial charge in [-0.3, -0.25) is 9.48 Å². The van der Waals surface area contributed by atoms with Crippen molar-refractivity contribution in [2.24, 2.45) is 5.92 Å². The molecule has 1 aromatic carbocycles. The Balaban J connectivity index is 1.90. The van der Waals surface area contributed by atoms with Gasteiger partial charge in [-0.1, -0.05) is 44.2 Å². The molecule has 2 rings (SSSR count). The lowest BCUT2D eigenvalue weighted by Crippen LogP contribution is -2.37. The highest BCUT2D eigenvalue weighted by Gasteiger charge is 2.18. The van der Waals surface area contributed by atoms with Crippen molar-refractivity contribution in [1.82, 2.24) is 15.1 Å². The molecular formula is C17H23N3O2. The molecule has 2 aromatic rings. The Labute approximate surface area is 131 Å². The zero-order chi connectivity index (χ0) is 15.9. The molecule has 5 nitrogen and oxygen atoms in total. The minimum Gasteiger partial charge on any atom is -0.480 e. The van der Waals surface area contributed by atoms with Crippen LogP contribution in [0.2, 0.25) is 0 Å². The molecule has 1 heterocycles. The molecule has 5 heteroatoms. The molecule has 118 valence electrons. The van der Waals surface area contributed by atoms with Crippen LogP contribution in [-0.2, 0) is 17.9 Å². The summed E-state index contributed by atoms with van der Waals surface area (Å²) in [5.74, 6) is -0.459. The van der Waals surface area contributed by atoms with E-state index in [4.69, 9.17) is 0 Å². The molecule has 0 saturated carbocycles. The van der Waals surface area contributed by atoms with Crippen LogP contribution in [0.1, 0.15) is 31.4 Å². The van der Waals surface area contributed by atoms with Crippen molar-refractivity contribution in [3.05, 3.63) is 53.9 Å². The van der Waals surface area contributed by atoms with Gasteiger partial charge in [0.15, 0.2) is 0 Å². The standard InChI is InChI=1S/C17H23N3O2/c1-13(2)8-16(17(21)22)18-9-15-10-19-20(12-15)11-14-6-4-3-5-7-14/h3-7,10,12-13,16,18H,8-9,11H2,1-2H3,(H,21,22). The Morgan fingerprint density at radius 1 is 1.27 bits per heavy atom. The highest BCUT2D eigenvalue weighted by molar-refractivity contribution is 5.73. The van der Waals surface area contributed by atoms with E-state index >= 15 is 0 Å². The van der Waals surface area contributed by atoms with E-state index < -0.39 is 12.0 Å². The van der Waals surface area contributed by atoms with Gasteiger partial charge in [-0.05, 0) is 17.9 Å². The van der Waals surface area contributed by atoms with Crippen molar-refractivity contribution in [2.45, 2.75) is 39.4 Å². The number of aromatic nitrogens is 2. The lowest BCUT2D eigenvalue weighted by Gasteiger charge is -2.15. The first-order valence-corrected chi connectivity index (χ1v) is 7.56. The molecule has 0 aliphatic carbocycles. The summed E-state index contributed by atoms with van der Waals surface area (Å²) in [6, 6.07) is 9.60. The van der Waals surface area contributed by atoms with Crippen molar-refractivity contribution < 1.29 is 9.90 Å². The van der Waals surface area contributed by atoms with Crippen molar-refractivity contribution in [3.63, 3.8) is 0 Å². The van der Waals surface area contributed by atoms with Crippen molar-refractivity contribution in [3.8, 4) is 0 Å². The number of benzene rings is 1. The SMILES string of the molecule is CC(C)CC(NCc1cnn(Cc2ccccc2)c1)C(=O)O. The molecule has 1 aromatic heterocycles. The number of hydrogen-bond donors (Lipinski definition) is 2. The monoisotopic (exact) mass is 301 g/mol. The van der Waals surface area contributed by atoms with Crippen LogP contribution in [0.3, 0.4) is 0 Å². The molecule has 22 heavy (non-hydrogen) atoms.